The Morgan fingerprint density at radius 2 is 1.82 bits per heavy atom. The fourth-order valence-corrected chi connectivity index (χ4v) is 6.10. The maximum atomic E-state index is 11.9. The molecule has 1 N–H and O–H groups in total. The Balaban J connectivity index is 1.24. The van der Waals surface area contributed by atoms with Crippen LogP contribution in [0.3, 0.4) is 0 Å². The second-order valence-corrected chi connectivity index (χ2v) is 10.8. The van der Waals surface area contributed by atoms with Gasteiger partial charge in [-0.25, -0.2) is 0 Å². The van der Waals surface area contributed by atoms with Gasteiger partial charge in [0.15, 0.2) is 5.76 Å². The molecule has 1 aliphatic heterocycles. The highest BCUT2D eigenvalue weighted by molar-refractivity contribution is 8.76. The van der Waals surface area contributed by atoms with E-state index in [-0.39, 0.29) is 5.91 Å². The van der Waals surface area contributed by atoms with Crippen molar-refractivity contribution in [3.8, 4) is 11.8 Å². The van der Waals surface area contributed by atoms with E-state index in [2.05, 4.69) is 54.1 Å². The molecule has 3 aliphatic rings. The highest BCUT2D eigenvalue weighted by Crippen LogP contribution is 2.52. The van der Waals surface area contributed by atoms with Crippen molar-refractivity contribution in [2.24, 2.45) is 17.8 Å². The van der Waals surface area contributed by atoms with E-state index in [0.29, 0.717) is 42.5 Å². The minimum absolute atomic E-state index is 0.0873. The zero-order valence-corrected chi connectivity index (χ0v) is 20.8. The van der Waals surface area contributed by atoms with Gasteiger partial charge in [-0.1, -0.05) is 52.8 Å². The average molecular weight is 485 g/mol. The number of hydrogen-bond acceptors (Lipinski definition) is 6. The molecule has 2 aliphatic carbocycles. The minimum Gasteiger partial charge on any atom is -0.473 e. The van der Waals surface area contributed by atoms with E-state index in [9.17, 15) is 4.79 Å². The van der Waals surface area contributed by atoms with Gasteiger partial charge in [0.05, 0.1) is 6.61 Å². The molecule has 7 heteroatoms. The summed E-state index contributed by atoms with van der Waals surface area (Å²) in [7, 11) is 3.50. The molecule has 0 spiro atoms. The van der Waals surface area contributed by atoms with Crippen molar-refractivity contribution in [3.63, 3.8) is 0 Å². The van der Waals surface area contributed by atoms with Crippen molar-refractivity contribution in [1.29, 1.82) is 0 Å². The second-order valence-electron chi connectivity index (χ2n) is 8.06. The maximum Gasteiger partial charge on any atom is 0.260 e. The van der Waals surface area contributed by atoms with Gasteiger partial charge < -0.3 is 14.9 Å². The van der Waals surface area contributed by atoms with Gasteiger partial charge >= 0.3 is 0 Å². The fraction of sp³-hybridized carbons (Fsp3) is 0.538. The molecule has 33 heavy (non-hydrogen) atoms. The third kappa shape index (κ3) is 7.61. The van der Waals surface area contributed by atoms with E-state index < -0.39 is 0 Å². The van der Waals surface area contributed by atoms with Crippen molar-refractivity contribution in [3.05, 3.63) is 54.3 Å². The van der Waals surface area contributed by atoms with Crippen molar-refractivity contribution < 1.29 is 14.4 Å². The van der Waals surface area contributed by atoms with Gasteiger partial charge in [0.1, 0.15) is 5.70 Å². The van der Waals surface area contributed by atoms with Crippen LogP contribution < -0.4 is 5.32 Å². The summed E-state index contributed by atoms with van der Waals surface area (Å²) >= 11 is 0. The monoisotopic (exact) mass is 484 g/mol. The minimum atomic E-state index is -0.0873. The van der Waals surface area contributed by atoms with E-state index in [0.717, 1.165) is 49.3 Å². The predicted molar refractivity (Wildman–Crippen MR) is 135 cm³/mol. The zero-order chi connectivity index (χ0) is 23.5. The van der Waals surface area contributed by atoms with Gasteiger partial charge in [-0.05, 0) is 30.6 Å². The first kappa shape index (κ1) is 25.3. The molecule has 2 unspecified atom stereocenters. The van der Waals surface area contributed by atoms with Crippen LogP contribution >= 0.6 is 21.6 Å². The molecule has 0 radical (unpaired) electrons. The van der Waals surface area contributed by atoms with E-state index in [1.54, 1.807) is 21.6 Å². The van der Waals surface area contributed by atoms with Gasteiger partial charge in [0.25, 0.3) is 5.91 Å². The molecule has 1 saturated heterocycles. The first-order valence-electron chi connectivity index (χ1n) is 11.4. The maximum absolute atomic E-state index is 11.9. The van der Waals surface area contributed by atoms with Gasteiger partial charge in [-0.2, -0.15) is 0 Å². The molecule has 0 aromatic rings. The molecule has 0 bridgehead atoms. The summed E-state index contributed by atoms with van der Waals surface area (Å²) in [4.78, 5) is 17.6. The number of allylic oxidation sites excluding steroid dienone is 2. The Morgan fingerprint density at radius 3 is 2.48 bits per heavy atom. The van der Waals surface area contributed by atoms with Gasteiger partial charge in [0, 0.05) is 50.2 Å². The highest BCUT2D eigenvalue weighted by atomic mass is 33.1. The van der Waals surface area contributed by atoms with Crippen molar-refractivity contribution in [2.45, 2.75) is 44.9 Å². The summed E-state index contributed by atoms with van der Waals surface area (Å²) in [5, 5.41) is 4.55. The molecule has 176 valence electrons. The first-order chi connectivity index (χ1) is 16.2. The molecular formula is C26H32N2O3S2. The number of fused-ring (bicyclic) bond motifs is 1. The lowest BCUT2D eigenvalue weighted by molar-refractivity contribution is -0.157. The van der Waals surface area contributed by atoms with Crippen LogP contribution in [0.4, 0.5) is 0 Å². The van der Waals surface area contributed by atoms with Crippen LogP contribution in [0, 0.1) is 29.6 Å². The van der Waals surface area contributed by atoms with Crippen LogP contribution in [0.15, 0.2) is 54.3 Å². The van der Waals surface area contributed by atoms with Crippen LogP contribution in [-0.2, 0) is 14.4 Å². The number of ether oxygens (including phenoxy) is 1. The molecule has 5 nitrogen and oxygen atoms in total. The number of carbonyl (C=O) groups is 1. The van der Waals surface area contributed by atoms with E-state index in [1.807, 2.05) is 0 Å². The standard InChI is InChI=1S/C26H32N2O3S2/c1-4-20-13-14-26(29)28(20)31-21(5-2)15-17-32-33-18-16-27-25(6-3)30-19-24-22-11-9-7-8-10-12-23(22)24/h22-24,27H,1-3,9-19H2. The molecular weight excluding hydrogens is 452 g/mol. The Hall–Kier alpha value is -2.31. The number of nitrogens with one attached hydrogen (secondary N) is 1. The molecule has 1 amide bonds. The lowest BCUT2D eigenvalue weighted by Gasteiger charge is -2.17. The molecule has 1 saturated carbocycles. The normalized spacial score (nSPS) is 22.9. The predicted octanol–water partition coefficient (Wildman–Crippen LogP) is 5.32. The van der Waals surface area contributed by atoms with Gasteiger partial charge in [0.2, 0.25) is 5.88 Å². The largest absolute Gasteiger partial charge is 0.473 e. The second kappa shape index (κ2) is 13.4. The summed E-state index contributed by atoms with van der Waals surface area (Å²) in [6.45, 7) is 12.5. The lowest BCUT2D eigenvalue weighted by atomic mass is 10.1. The lowest BCUT2D eigenvalue weighted by Crippen LogP contribution is -2.23. The molecule has 0 aromatic carbocycles. The average Bonchev–Trinajstić information content (AvgIpc) is 3.32. The fourth-order valence-electron chi connectivity index (χ4n) is 4.21. The van der Waals surface area contributed by atoms with Crippen LogP contribution in [0.2, 0.25) is 0 Å². The smallest absolute Gasteiger partial charge is 0.260 e. The molecule has 2 fully saturated rings. The third-order valence-electron chi connectivity index (χ3n) is 6.04. The SMILES string of the molecule is C=C=C(CCSSCCNC(=C=C)OCC1C2CCC#CCCC21)ON1C(=O)CCC1=C=C. The summed E-state index contributed by atoms with van der Waals surface area (Å²) < 4.78 is 5.95. The number of carbonyl (C=O) groups excluding carboxylic acids is 1. The third-order valence-corrected chi connectivity index (χ3v) is 8.45. The van der Waals surface area contributed by atoms with Crippen LogP contribution in [0.25, 0.3) is 0 Å². The van der Waals surface area contributed by atoms with E-state index in [4.69, 9.17) is 9.57 Å². The number of nitrogens with zero attached hydrogens (tertiary/aromatic N) is 1. The van der Waals surface area contributed by atoms with E-state index >= 15 is 0 Å². The Kier molecular flexibility index (Phi) is 10.3. The highest BCUT2D eigenvalue weighted by Gasteiger charge is 2.49. The molecule has 0 aromatic heterocycles. The van der Waals surface area contributed by atoms with Crippen LogP contribution in [0.5, 0.6) is 0 Å². The van der Waals surface area contributed by atoms with Gasteiger partial charge in [-0.15, -0.1) is 22.6 Å². The first-order valence-corrected chi connectivity index (χ1v) is 13.9. The Labute approximate surface area is 205 Å². The summed E-state index contributed by atoms with van der Waals surface area (Å²) in [6, 6.07) is 0. The molecule has 1 heterocycles. The quantitative estimate of drug-likeness (QED) is 0.126. The summed E-state index contributed by atoms with van der Waals surface area (Å²) in [5.41, 5.74) is 9.08. The molecule has 2 atom stereocenters. The van der Waals surface area contributed by atoms with Crippen molar-refractivity contribution >= 4 is 27.5 Å². The molecule has 3 rings (SSSR count). The number of hydroxylamine groups is 2. The Morgan fingerprint density at radius 1 is 1.09 bits per heavy atom. The number of rotatable bonds is 13. The van der Waals surface area contributed by atoms with E-state index in [1.165, 1.54) is 17.9 Å². The topological polar surface area (TPSA) is 50.8 Å². The summed E-state index contributed by atoms with van der Waals surface area (Å²) in [5.74, 6) is 11.5. The number of hydrogen-bond donors (Lipinski definition) is 1. The van der Waals surface area contributed by atoms with Crippen LogP contribution in [-0.4, -0.2) is 35.6 Å². The van der Waals surface area contributed by atoms with Crippen LogP contribution in [0.1, 0.15) is 44.9 Å². The summed E-state index contributed by atoms with van der Waals surface area (Å²) in [6.07, 6.45) is 6.11. The zero-order valence-electron chi connectivity index (χ0n) is 19.1. The van der Waals surface area contributed by atoms with Gasteiger partial charge in [-0.3, -0.25) is 4.79 Å². The Bertz CT molecular complexity index is 913. The number of amides is 1. The van der Waals surface area contributed by atoms with Crippen molar-refractivity contribution in [1.82, 2.24) is 10.4 Å². The van der Waals surface area contributed by atoms with Crippen molar-refractivity contribution in [2.75, 3.05) is 24.7 Å².